The lowest BCUT2D eigenvalue weighted by molar-refractivity contribution is -0.502. The lowest BCUT2D eigenvalue weighted by Crippen LogP contribution is -2.10. The zero-order valence-corrected chi connectivity index (χ0v) is 3.79. The molecule has 0 aromatic heterocycles. The van der Waals surface area contributed by atoms with E-state index >= 15 is 0 Å². The molecule has 7 heavy (non-hydrogen) atoms. The maximum Gasteiger partial charge on any atom is 0.294 e. The van der Waals surface area contributed by atoms with E-state index in [1.54, 1.807) is 0 Å². The summed E-state index contributed by atoms with van der Waals surface area (Å²) in [6, 6.07) is 0.396. The van der Waals surface area contributed by atoms with Crippen LogP contribution in [0, 0.1) is 21.4 Å². The maximum atomic E-state index is 9.51. The minimum atomic E-state index is -1.07. The van der Waals surface area contributed by atoms with Crippen LogP contribution in [0.15, 0.2) is 0 Å². The van der Waals surface area contributed by atoms with E-state index in [-0.39, 0.29) is 0 Å². The molecule has 0 aromatic rings. The Bertz CT molecular complexity index is 115. The number of hydrogen-bond acceptors (Lipinski definition) is 3. The summed E-state index contributed by atoms with van der Waals surface area (Å²) in [6.07, 6.45) is 0. The van der Waals surface area contributed by atoms with Crippen molar-refractivity contribution in [1.29, 1.82) is 5.26 Å². The fourth-order valence-electron chi connectivity index (χ4n) is 0.0471. The van der Waals surface area contributed by atoms with Crippen LogP contribution in [0.2, 0.25) is 0 Å². The highest BCUT2D eigenvalue weighted by Gasteiger charge is 2.07. The largest absolute Gasteiger partial charge is 0.294 e. The highest BCUT2D eigenvalue weighted by molar-refractivity contribution is 4.77. The van der Waals surface area contributed by atoms with Crippen molar-refractivity contribution >= 4 is 0 Å². The van der Waals surface area contributed by atoms with Crippen molar-refractivity contribution in [2.24, 2.45) is 0 Å². The minimum absolute atomic E-state index is 0.639. The van der Waals surface area contributed by atoms with Gasteiger partial charge in [0.05, 0.1) is 0 Å². The quantitative estimate of drug-likeness (QED) is 0.348. The molecule has 0 aliphatic heterocycles. The first-order valence-electron chi connectivity index (χ1n) is 1.71. The van der Waals surface area contributed by atoms with Crippen molar-refractivity contribution in [3.63, 3.8) is 0 Å². The Labute approximate surface area is 40.5 Å². The van der Waals surface area contributed by atoms with Crippen molar-refractivity contribution in [1.82, 2.24) is 0 Å². The molecule has 0 bridgehead atoms. The monoisotopic (exact) mass is 100 g/mol. The van der Waals surface area contributed by atoms with Gasteiger partial charge in [-0.3, -0.25) is 10.1 Å². The average Bonchev–Trinajstić information content (AvgIpc) is 1.65. The van der Waals surface area contributed by atoms with Gasteiger partial charge in [0.25, 0.3) is 6.04 Å². The summed E-state index contributed by atoms with van der Waals surface area (Å²) in [4.78, 5) is 8.87. The molecule has 1 unspecified atom stereocenters. The van der Waals surface area contributed by atoms with Crippen molar-refractivity contribution < 1.29 is 4.92 Å². The topological polar surface area (TPSA) is 66.9 Å². The van der Waals surface area contributed by atoms with Crippen molar-refractivity contribution in [2.45, 2.75) is 13.0 Å². The molecule has 0 fully saturated rings. The molecule has 0 saturated heterocycles. The Balaban J connectivity index is 3.63. The molecule has 0 radical (unpaired) electrons. The molecule has 0 amide bonds. The van der Waals surface area contributed by atoms with E-state index in [1.807, 2.05) is 0 Å². The van der Waals surface area contributed by atoms with Crippen LogP contribution in [0.1, 0.15) is 6.92 Å². The minimum Gasteiger partial charge on any atom is -0.263 e. The standard InChI is InChI=1S/C3H4N2O2/c1-3(2-4)5(6)7/h3H,1H3. The fraction of sp³-hybridized carbons (Fsp3) is 0.667. The Morgan fingerprint density at radius 2 is 2.43 bits per heavy atom. The molecule has 0 saturated carbocycles. The Kier molecular flexibility index (Phi) is 1.79. The molecule has 38 valence electrons. The van der Waals surface area contributed by atoms with Gasteiger partial charge >= 0.3 is 0 Å². The van der Waals surface area contributed by atoms with Crippen LogP contribution in [0.5, 0.6) is 0 Å². The molecule has 4 heteroatoms. The van der Waals surface area contributed by atoms with Gasteiger partial charge in [0, 0.05) is 11.8 Å². The first-order chi connectivity index (χ1) is 3.18. The number of nitrogens with zero attached hydrogens (tertiary/aromatic N) is 2. The zero-order chi connectivity index (χ0) is 5.86. The van der Waals surface area contributed by atoms with E-state index in [0.717, 1.165) is 0 Å². The van der Waals surface area contributed by atoms with Gasteiger partial charge in [0.15, 0.2) is 0 Å². The van der Waals surface area contributed by atoms with Crippen LogP contribution in [0.25, 0.3) is 0 Å². The molecular formula is C3H4N2O2. The second-order valence-electron chi connectivity index (χ2n) is 1.09. The van der Waals surface area contributed by atoms with Gasteiger partial charge in [-0.15, -0.1) is 0 Å². The Morgan fingerprint density at radius 3 is 2.43 bits per heavy atom. The van der Waals surface area contributed by atoms with Crippen molar-refractivity contribution in [3.8, 4) is 6.07 Å². The van der Waals surface area contributed by atoms with Crippen molar-refractivity contribution in [3.05, 3.63) is 10.1 Å². The van der Waals surface area contributed by atoms with E-state index in [0.29, 0.717) is 0 Å². The third kappa shape index (κ3) is 1.71. The molecular weight excluding hydrogens is 96.0 g/mol. The second-order valence-corrected chi connectivity index (χ2v) is 1.09. The van der Waals surface area contributed by atoms with Crippen LogP contribution in [0.4, 0.5) is 0 Å². The van der Waals surface area contributed by atoms with E-state index in [1.165, 1.54) is 13.0 Å². The van der Waals surface area contributed by atoms with E-state index in [2.05, 4.69) is 0 Å². The summed E-state index contributed by atoms with van der Waals surface area (Å²) in [7, 11) is 0. The summed E-state index contributed by atoms with van der Waals surface area (Å²) < 4.78 is 0. The SMILES string of the molecule is CC(C#N)[N+](=O)[O-]. The lowest BCUT2D eigenvalue weighted by Gasteiger charge is -1.85. The third-order valence-corrected chi connectivity index (χ3v) is 0.503. The Morgan fingerprint density at radius 1 is 2.00 bits per heavy atom. The average molecular weight is 100 g/mol. The van der Waals surface area contributed by atoms with Gasteiger partial charge < -0.3 is 0 Å². The summed E-state index contributed by atoms with van der Waals surface area (Å²) in [5.74, 6) is 0. The summed E-state index contributed by atoms with van der Waals surface area (Å²) in [5, 5.41) is 17.3. The summed E-state index contributed by atoms with van der Waals surface area (Å²) in [6.45, 7) is 1.24. The number of nitro groups is 1. The number of hydrogen-bond donors (Lipinski definition) is 0. The fourth-order valence-corrected chi connectivity index (χ4v) is 0.0471. The van der Waals surface area contributed by atoms with Gasteiger partial charge in [-0.2, -0.15) is 5.26 Å². The van der Waals surface area contributed by atoms with Crippen LogP contribution in [0.3, 0.4) is 0 Å². The molecule has 0 spiro atoms. The van der Waals surface area contributed by atoms with Crippen LogP contribution >= 0.6 is 0 Å². The zero-order valence-electron chi connectivity index (χ0n) is 3.79. The smallest absolute Gasteiger partial charge is 0.263 e. The molecule has 1 atom stereocenters. The molecule has 4 nitrogen and oxygen atoms in total. The molecule has 0 heterocycles. The van der Waals surface area contributed by atoms with Crippen LogP contribution in [-0.4, -0.2) is 11.0 Å². The maximum absolute atomic E-state index is 9.51. The Hall–Kier alpha value is -1.11. The summed E-state index contributed by atoms with van der Waals surface area (Å²) >= 11 is 0. The first kappa shape index (κ1) is 5.89. The molecule has 0 aliphatic rings. The van der Waals surface area contributed by atoms with Gasteiger partial charge in [-0.1, -0.05) is 0 Å². The highest BCUT2D eigenvalue weighted by atomic mass is 16.6. The molecule has 0 aliphatic carbocycles. The van der Waals surface area contributed by atoms with Crippen LogP contribution < -0.4 is 0 Å². The predicted octanol–water partition coefficient (Wildman–Crippen LogP) is 0.175. The van der Waals surface area contributed by atoms with Gasteiger partial charge in [-0.25, -0.2) is 0 Å². The second kappa shape index (κ2) is 2.13. The normalized spacial score (nSPS) is 12.0. The highest BCUT2D eigenvalue weighted by Crippen LogP contribution is 1.80. The van der Waals surface area contributed by atoms with Gasteiger partial charge in [0.1, 0.15) is 6.07 Å². The van der Waals surface area contributed by atoms with E-state index in [4.69, 9.17) is 5.26 Å². The first-order valence-corrected chi connectivity index (χ1v) is 1.71. The van der Waals surface area contributed by atoms with E-state index < -0.39 is 11.0 Å². The molecule has 0 aromatic carbocycles. The molecule has 0 N–H and O–H groups in total. The lowest BCUT2D eigenvalue weighted by atomic mass is 10.4. The van der Waals surface area contributed by atoms with Crippen LogP contribution in [-0.2, 0) is 0 Å². The number of nitriles is 1. The van der Waals surface area contributed by atoms with Gasteiger partial charge in [-0.05, 0) is 0 Å². The summed E-state index contributed by atoms with van der Waals surface area (Å²) in [5.41, 5.74) is 0. The number of rotatable bonds is 1. The van der Waals surface area contributed by atoms with Crippen molar-refractivity contribution in [2.75, 3.05) is 0 Å². The van der Waals surface area contributed by atoms with Gasteiger partial charge in [0.2, 0.25) is 0 Å². The van der Waals surface area contributed by atoms with E-state index in [9.17, 15) is 10.1 Å². The molecule has 0 rings (SSSR count). The third-order valence-electron chi connectivity index (χ3n) is 0.503. The predicted molar refractivity (Wildman–Crippen MR) is 22.1 cm³/mol.